The number of thioether (sulfide) groups is 1. The summed E-state index contributed by atoms with van der Waals surface area (Å²) in [6.45, 7) is 9.09. The van der Waals surface area contributed by atoms with Crippen LogP contribution in [0, 0.1) is 11.8 Å². The van der Waals surface area contributed by atoms with Crippen LogP contribution in [-0.2, 0) is 56.8 Å². The Bertz CT molecular complexity index is 643. The summed E-state index contributed by atoms with van der Waals surface area (Å²) < 4.78 is 0. The van der Waals surface area contributed by atoms with Crippen molar-refractivity contribution in [1.29, 1.82) is 0 Å². The molecular weight excluding hydrogens is 553 g/mol. The zero-order valence-corrected chi connectivity index (χ0v) is 24.7. The van der Waals surface area contributed by atoms with Crippen molar-refractivity contribution in [3.05, 3.63) is 18.1 Å². The first-order valence-electron chi connectivity index (χ1n) is 11.0. The molecular formula is C22H40N4O7SY-2. The number of amides is 2. The van der Waals surface area contributed by atoms with Gasteiger partial charge in [0.2, 0.25) is 11.8 Å². The van der Waals surface area contributed by atoms with E-state index in [0.29, 0.717) is 17.4 Å². The van der Waals surface area contributed by atoms with Crippen molar-refractivity contribution in [2.75, 3.05) is 25.2 Å². The summed E-state index contributed by atoms with van der Waals surface area (Å²) in [4.78, 5) is 49.2. The van der Waals surface area contributed by atoms with Gasteiger partial charge < -0.3 is 36.9 Å². The summed E-state index contributed by atoms with van der Waals surface area (Å²) in [6, 6.07) is -2.30. The Morgan fingerprint density at radius 3 is 2.26 bits per heavy atom. The van der Waals surface area contributed by atoms with Gasteiger partial charge in [-0.3, -0.25) is 14.4 Å². The fraction of sp³-hybridized carbons (Fsp3) is 0.727. The van der Waals surface area contributed by atoms with Gasteiger partial charge in [-0.2, -0.15) is 11.8 Å². The monoisotopic (exact) mass is 593 g/mol. The Morgan fingerprint density at radius 2 is 1.86 bits per heavy atom. The zero-order valence-electron chi connectivity index (χ0n) is 21.0. The molecule has 0 heterocycles. The molecule has 0 saturated carbocycles. The topological polar surface area (TPSA) is 192 Å². The number of hydrogen-bond acceptors (Lipinski definition) is 9. The number of aliphatic hydroxyl groups excluding tert-OH is 1. The molecule has 2 unspecified atom stereocenters. The van der Waals surface area contributed by atoms with Crippen LogP contribution in [0.1, 0.15) is 46.5 Å². The van der Waals surface area contributed by atoms with Gasteiger partial charge in [0, 0.05) is 52.2 Å². The van der Waals surface area contributed by atoms with Crippen molar-refractivity contribution in [2.24, 2.45) is 17.6 Å². The number of rotatable bonds is 18. The second-order valence-electron chi connectivity index (χ2n) is 7.98. The predicted molar refractivity (Wildman–Crippen MR) is 133 cm³/mol. The average molecular weight is 594 g/mol. The SMILES string of the molecule is C=C(CSCCC(NC(=O)[C@@H]([NH-])CC(N)=O)C(=O)CC(C)CO)OO.CC[C@@H](C)[C@@H]([C-]=O)NC.[Y]. The van der Waals surface area contributed by atoms with E-state index in [-0.39, 0.29) is 75.7 Å². The number of primary amides is 1. The van der Waals surface area contributed by atoms with Crippen LogP contribution < -0.4 is 16.4 Å². The quantitative estimate of drug-likeness (QED) is 0.0511. The van der Waals surface area contributed by atoms with Crippen LogP contribution in [0.2, 0.25) is 0 Å². The van der Waals surface area contributed by atoms with Crippen LogP contribution in [0.15, 0.2) is 12.3 Å². The van der Waals surface area contributed by atoms with Gasteiger partial charge in [0.25, 0.3) is 0 Å². The molecule has 0 bridgehead atoms. The van der Waals surface area contributed by atoms with Crippen LogP contribution in [0.5, 0.6) is 0 Å². The van der Waals surface area contributed by atoms with Crippen molar-refractivity contribution in [3.8, 4) is 0 Å². The summed E-state index contributed by atoms with van der Waals surface area (Å²) >= 11 is 1.34. The number of carbonyl (C=O) groups is 3. The third kappa shape index (κ3) is 19.9. The molecule has 201 valence electrons. The number of ketones is 1. The zero-order chi connectivity index (χ0) is 26.7. The summed E-state index contributed by atoms with van der Waals surface area (Å²) in [5.41, 5.74) is 12.6. The van der Waals surface area contributed by atoms with E-state index in [1.54, 1.807) is 14.0 Å². The van der Waals surface area contributed by atoms with Crippen molar-refractivity contribution in [2.45, 2.75) is 64.6 Å². The van der Waals surface area contributed by atoms with Gasteiger partial charge in [-0.05, 0) is 31.2 Å². The Morgan fingerprint density at radius 1 is 1.26 bits per heavy atom. The van der Waals surface area contributed by atoms with Crippen LogP contribution in [-0.4, -0.2) is 77.5 Å². The van der Waals surface area contributed by atoms with Gasteiger partial charge in [-0.15, -0.1) is 0 Å². The minimum atomic E-state index is -1.38. The number of likely N-dealkylation sites (N-methyl/N-ethyl adjacent to an activating group) is 1. The largest absolute Gasteiger partial charge is 0.666 e. The number of nitrogens with two attached hydrogens (primary N) is 1. The van der Waals surface area contributed by atoms with E-state index in [0.717, 1.165) is 6.42 Å². The van der Waals surface area contributed by atoms with Gasteiger partial charge in [-0.1, -0.05) is 45.7 Å². The number of nitrogens with one attached hydrogen (secondary N) is 3. The van der Waals surface area contributed by atoms with Gasteiger partial charge >= 0.3 is 0 Å². The Labute approximate surface area is 237 Å². The fourth-order valence-electron chi connectivity index (χ4n) is 2.54. The van der Waals surface area contributed by atoms with E-state index in [4.69, 9.17) is 21.8 Å². The smallest absolute Gasteiger partial charge is 0.216 e. The van der Waals surface area contributed by atoms with Gasteiger partial charge in [0.05, 0.1) is 11.8 Å². The Kier molecular flexibility index (Phi) is 26.0. The van der Waals surface area contributed by atoms with Crippen LogP contribution in [0.25, 0.3) is 5.73 Å². The Hall–Kier alpha value is -0.886. The number of Topliss-reactive ketones (excluding diaryl/α,β-unsaturated/α-hetero) is 1. The van der Waals surface area contributed by atoms with Gasteiger partial charge in [0.1, 0.15) is 5.76 Å². The second-order valence-corrected chi connectivity index (χ2v) is 9.09. The first-order valence-corrected chi connectivity index (χ1v) is 12.2. The molecule has 5 atom stereocenters. The molecule has 0 aromatic carbocycles. The molecule has 0 saturated heterocycles. The van der Waals surface area contributed by atoms with Crippen molar-refractivity contribution >= 4 is 35.6 Å². The summed E-state index contributed by atoms with van der Waals surface area (Å²) in [7, 11) is 1.78. The molecule has 13 heteroatoms. The molecule has 0 aromatic heterocycles. The number of hydrogen-bond donors (Lipinski definition) is 5. The normalized spacial score (nSPS) is 14.5. The predicted octanol–water partition coefficient (Wildman–Crippen LogP) is 1.21. The first-order chi connectivity index (χ1) is 16.0. The molecule has 1 radical (unpaired) electrons. The number of aliphatic hydroxyl groups is 1. The maximum Gasteiger partial charge on any atom is 0.216 e. The van der Waals surface area contributed by atoms with E-state index in [2.05, 4.69) is 29.0 Å². The van der Waals surface area contributed by atoms with E-state index in [9.17, 15) is 19.2 Å². The van der Waals surface area contributed by atoms with Crippen LogP contribution in [0.4, 0.5) is 0 Å². The molecule has 0 spiro atoms. The molecule has 2 amide bonds. The molecule has 35 heavy (non-hydrogen) atoms. The minimum Gasteiger partial charge on any atom is -0.666 e. The van der Waals surface area contributed by atoms with E-state index >= 15 is 0 Å². The van der Waals surface area contributed by atoms with Crippen molar-refractivity contribution in [1.82, 2.24) is 10.6 Å². The molecule has 0 aliphatic heterocycles. The fourth-order valence-corrected chi connectivity index (χ4v) is 3.37. The van der Waals surface area contributed by atoms with E-state index in [1.807, 2.05) is 13.2 Å². The molecule has 0 aromatic rings. The van der Waals surface area contributed by atoms with Gasteiger partial charge in [-0.25, -0.2) is 11.5 Å². The van der Waals surface area contributed by atoms with Crippen LogP contribution in [0.3, 0.4) is 0 Å². The molecule has 0 rings (SSSR count). The average Bonchev–Trinajstić information content (AvgIpc) is 2.80. The van der Waals surface area contributed by atoms with E-state index in [1.165, 1.54) is 11.8 Å². The summed E-state index contributed by atoms with van der Waals surface area (Å²) in [5.74, 6) is -0.692. The third-order valence-electron chi connectivity index (χ3n) is 4.88. The standard InChI is InChI=1S/C15H26N3O6S.C7H14NO.Y/c1-9(7-19)5-13(20)12(3-4-25-8-10(2)24-23)18-15(22)11(16)6-14(17)21;1-4-6(2)7(5-9)8-3;/h9,11-12,16,19,23H,2-8H2,1H3,(H2,17,21)(H,18,22);6-8H,4H2,1-3H3;/q2*-1;/t9?,11-,12?;6-,7-;/m01./s1. The molecule has 0 fully saturated rings. The summed E-state index contributed by atoms with van der Waals surface area (Å²) in [6.07, 6.45) is 2.90. The molecule has 0 aliphatic carbocycles. The molecule has 7 N–H and O–H groups in total. The van der Waals surface area contributed by atoms with Gasteiger partial charge in [0.15, 0.2) is 5.78 Å². The Balaban J connectivity index is -0.000000866. The third-order valence-corrected chi connectivity index (χ3v) is 5.93. The van der Waals surface area contributed by atoms with E-state index < -0.39 is 30.3 Å². The summed E-state index contributed by atoms with van der Waals surface area (Å²) in [5, 5.41) is 22.8. The van der Waals surface area contributed by atoms with Crippen molar-refractivity contribution in [3.63, 3.8) is 0 Å². The van der Waals surface area contributed by atoms with Crippen molar-refractivity contribution < 1.29 is 67.1 Å². The molecule has 11 nitrogen and oxygen atoms in total. The maximum absolute atomic E-state index is 12.3. The first kappa shape index (κ1) is 38.6. The number of carbonyl (C=O) groups excluding carboxylic acids is 4. The second kappa shape index (κ2) is 23.5. The minimum absolute atomic E-state index is 0. The maximum atomic E-state index is 12.3. The van der Waals surface area contributed by atoms with Crippen LogP contribution >= 0.6 is 11.8 Å². The molecule has 0 aliphatic rings.